The first-order valence-corrected chi connectivity index (χ1v) is 7.91. The van der Waals surface area contributed by atoms with Gasteiger partial charge < -0.3 is 14.9 Å². The molecule has 0 unspecified atom stereocenters. The van der Waals surface area contributed by atoms with Crippen molar-refractivity contribution in [2.24, 2.45) is 0 Å². The van der Waals surface area contributed by atoms with Crippen molar-refractivity contribution in [2.75, 3.05) is 19.6 Å². The van der Waals surface area contributed by atoms with Crippen LogP contribution in [0.3, 0.4) is 0 Å². The highest BCUT2D eigenvalue weighted by Gasteiger charge is 2.43. The molecule has 0 amide bonds. The highest BCUT2D eigenvalue weighted by molar-refractivity contribution is 5.69. The zero-order valence-electron chi connectivity index (χ0n) is 12.6. The molecule has 0 radical (unpaired) electrons. The van der Waals surface area contributed by atoms with Gasteiger partial charge in [-0.25, -0.2) is 0 Å². The molecule has 2 aliphatic rings. The lowest BCUT2D eigenvalue weighted by molar-refractivity contribution is -0.185. The number of aliphatic hydroxyl groups is 1. The minimum atomic E-state index is -0.789. The summed E-state index contributed by atoms with van der Waals surface area (Å²) in [6.45, 7) is 1.50. The van der Waals surface area contributed by atoms with E-state index in [0.29, 0.717) is 25.9 Å². The minimum Gasteiger partial charge on any atom is -0.480 e. The summed E-state index contributed by atoms with van der Waals surface area (Å²) in [5.41, 5.74) is 0.793. The fraction of sp³-hybridized carbons (Fsp3) is 0.588. The van der Waals surface area contributed by atoms with Crippen LogP contribution in [0, 0.1) is 0 Å². The Hall–Kier alpha value is -1.43. The van der Waals surface area contributed by atoms with E-state index in [9.17, 15) is 9.90 Å². The monoisotopic (exact) mass is 305 g/mol. The molecule has 2 atom stereocenters. The third kappa shape index (κ3) is 3.48. The van der Waals surface area contributed by atoms with Gasteiger partial charge >= 0.3 is 5.97 Å². The highest BCUT2D eigenvalue weighted by atomic mass is 16.5. The number of likely N-dealkylation sites (tertiary alicyclic amines) is 1. The Labute approximate surface area is 130 Å². The maximum atomic E-state index is 10.8. The summed E-state index contributed by atoms with van der Waals surface area (Å²) in [4.78, 5) is 12.8. The summed E-state index contributed by atoms with van der Waals surface area (Å²) < 4.78 is 6.39. The number of nitrogens with zero attached hydrogens (tertiary/aromatic N) is 1. The molecule has 5 heteroatoms. The second-order valence-electron chi connectivity index (χ2n) is 6.46. The standard InChI is InChI=1S/C17H23NO4/c19-14-10-15(13-4-2-1-3-5-13)22-17(11-14)6-8-18(9-7-17)12-16(20)21/h1-5,14-15,19H,6-12H2,(H,20,21)/t14-,15-/m1/s1. The Balaban J connectivity index is 1.68. The smallest absolute Gasteiger partial charge is 0.317 e. The van der Waals surface area contributed by atoms with E-state index in [0.717, 1.165) is 18.4 Å². The van der Waals surface area contributed by atoms with Gasteiger partial charge in [-0.1, -0.05) is 30.3 Å². The van der Waals surface area contributed by atoms with E-state index >= 15 is 0 Å². The molecular formula is C17H23NO4. The number of benzene rings is 1. The van der Waals surface area contributed by atoms with Crippen LogP contribution in [0.15, 0.2) is 30.3 Å². The van der Waals surface area contributed by atoms with Crippen molar-refractivity contribution in [3.05, 3.63) is 35.9 Å². The molecule has 1 aromatic rings. The number of hydrogen-bond acceptors (Lipinski definition) is 4. The van der Waals surface area contributed by atoms with Gasteiger partial charge in [-0.05, 0) is 18.4 Å². The van der Waals surface area contributed by atoms with Crippen molar-refractivity contribution in [1.82, 2.24) is 4.90 Å². The topological polar surface area (TPSA) is 70.0 Å². The van der Waals surface area contributed by atoms with Crippen LogP contribution in [0.25, 0.3) is 0 Å². The highest BCUT2D eigenvalue weighted by Crippen LogP contribution is 2.42. The van der Waals surface area contributed by atoms with Gasteiger partial charge in [0, 0.05) is 25.9 Å². The molecule has 2 fully saturated rings. The summed E-state index contributed by atoms with van der Waals surface area (Å²) in [7, 11) is 0. The van der Waals surface area contributed by atoms with Crippen LogP contribution in [-0.4, -0.2) is 52.4 Å². The SMILES string of the molecule is O=C(O)CN1CCC2(CC1)C[C@H](O)C[C@H](c1ccccc1)O2. The molecule has 2 N–H and O–H groups in total. The lowest BCUT2D eigenvalue weighted by atomic mass is 9.81. The van der Waals surface area contributed by atoms with Gasteiger partial charge in [-0.2, -0.15) is 0 Å². The van der Waals surface area contributed by atoms with Crippen molar-refractivity contribution < 1.29 is 19.7 Å². The van der Waals surface area contributed by atoms with E-state index in [4.69, 9.17) is 9.84 Å². The van der Waals surface area contributed by atoms with E-state index < -0.39 is 5.97 Å². The Bertz CT molecular complexity index is 511. The van der Waals surface area contributed by atoms with E-state index in [1.807, 2.05) is 35.2 Å². The first-order chi connectivity index (χ1) is 10.6. The second kappa shape index (κ2) is 6.36. The first kappa shape index (κ1) is 15.5. The average Bonchev–Trinajstić information content (AvgIpc) is 2.50. The van der Waals surface area contributed by atoms with Crippen molar-refractivity contribution >= 4 is 5.97 Å². The second-order valence-corrected chi connectivity index (χ2v) is 6.46. The number of piperidine rings is 1. The van der Waals surface area contributed by atoms with E-state index in [2.05, 4.69) is 0 Å². The maximum Gasteiger partial charge on any atom is 0.317 e. The Morgan fingerprint density at radius 3 is 2.59 bits per heavy atom. The molecule has 2 saturated heterocycles. The quantitative estimate of drug-likeness (QED) is 0.891. The number of aliphatic carboxylic acids is 1. The van der Waals surface area contributed by atoms with Crippen molar-refractivity contribution in [2.45, 2.75) is 43.5 Å². The molecule has 5 nitrogen and oxygen atoms in total. The third-order valence-corrected chi connectivity index (χ3v) is 4.78. The van der Waals surface area contributed by atoms with Crippen molar-refractivity contribution in [3.8, 4) is 0 Å². The lowest BCUT2D eigenvalue weighted by Gasteiger charge is -2.47. The summed E-state index contributed by atoms with van der Waals surface area (Å²) in [6.07, 6.45) is 2.41. The molecule has 120 valence electrons. The average molecular weight is 305 g/mol. The molecule has 0 aromatic heterocycles. The zero-order valence-corrected chi connectivity index (χ0v) is 12.6. The number of carboxylic acid groups (broad SMARTS) is 1. The lowest BCUT2D eigenvalue weighted by Crippen LogP contribution is -2.51. The summed E-state index contributed by atoms with van der Waals surface area (Å²) in [6, 6.07) is 10.0. The van der Waals surface area contributed by atoms with Crippen LogP contribution in [0.1, 0.15) is 37.4 Å². The Morgan fingerprint density at radius 2 is 1.95 bits per heavy atom. The molecule has 0 bridgehead atoms. The van der Waals surface area contributed by atoms with Gasteiger partial charge in [0.2, 0.25) is 0 Å². The number of hydrogen-bond donors (Lipinski definition) is 2. The zero-order chi connectivity index (χ0) is 15.6. The third-order valence-electron chi connectivity index (χ3n) is 4.78. The van der Waals surface area contributed by atoms with Gasteiger partial charge in [0.1, 0.15) is 0 Å². The Morgan fingerprint density at radius 1 is 1.27 bits per heavy atom. The number of aliphatic hydroxyl groups excluding tert-OH is 1. The number of rotatable bonds is 3. The maximum absolute atomic E-state index is 10.8. The minimum absolute atomic E-state index is 0.0732. The van der Waals surface area contributed by atoms with Gasteiger partial charge in [0.25, 0.3) is 0 Å². The predicted molar refractivity (Wildman–Crippen MR) is 81.5 cm³/mol. The number of ether oxygens (including phenoxy) is 1. The van der Waals surface area contributed by atoms with E-state index in [1.165, 1.54) is 0 Å². The molecule has 1 spiro atoms. The van der Waals surface area contributed by atoms with E-state index in [1.54, 1.807) is 0 Å². The molecule has 0 aliphatic carbocycles. The first-order valence-electron chi connectivity index (χ1n) is 7.91. The van der Waals surface area contributed by atoms with Gasteiger partial charge in [-0.3, -0.25) is 9.69 Å². The molecular weight excluding hydrogens is 282 g/mol. The Kier molecular flexibility index (Phi) is 4.47. The van der Waals surface area contributed by atoms with Crippen LogP contribution >= 0.6 is 0 Å². The number of carbonyl (C=O) groups is 1. The molecule has 0 saturated carbocycles. The predicted octanol–water partition coefficient (Wildman–Crippen LogP) is 1.82. The number of carboxylic acids is 1. The summed E-state index contributed by atoms with van der Waals surface area (Å²) in [5, 5.41) is 19.2. The van der Waals surface area contributed by atoms with Gasteiger partial charge in [0.05, 0.1) is 24.4 Å². The van der Waals surface area contributed by atoms with Gasteiger partial charge in [0.15, 0.2) is 0 Å². The van der Waals surface area contributed by atoms with Crippen LogP contribution in [0.5, 0.6) is 0 Å². The molecule has 2 heterocycles. The van der Waals surface area contributed by atoms with E-state index in [-0.39, 0.29) is 24.4 Å². The summed E-state index contributed by atoms with van der Waals surface area (Å²) in [5.74, 6) is -0.789. The molecule has 2 aliphatic heterocycles. The molecule has 1 aromatic carbocycles. The normalized spacial score (nSPS) is 28.6. The molecule has 3 rings (SSSR count). The fourth-order valence-electron chi connectivity index (χ4n) is 3.66. The van der Waals surface area contributed by atoms with Gasteiger partial charge in [-0.15, -0.1) is 0 Å². The van der Waals surface area contributed by atoms with Crippen LogP contribution in [0.4, 0.5) is 0 Å². The fourth-order valence-corrected chi connectivity index (χ4v) is 3.66. The van der Waals surface area contributed by atoms with Crippen LogP contribution < -0.4 is 0 Å². The largest absolute Gasteiger partial charge is 0.480 e. The van der Waals surface area contributed by atoms with Crippen molar-refractivity contribution in [1.29, 1.82) is 0 Å². The van der Waals surface area contributed by atoms with Crippen molar-refractivity contribution in [3.63, 3.8) is 0 Å². The van der Waals surface area contributed by atoms with Crippen LogP contribution in [-0.2, 0) is 9.53 Å². The summed E-state index contributed by atoms with van der Waals surface area (Å²) >= 11 is 0. The van der Waals surface area contributed by atoms with Crippen LogP contribution in [0.2, 0.25) is 0 Å². The molecule has 22 heavy (non-hydrogen) atoms.